The molecule has 23 heavy (non-hydrogen) atoms. The molecule has 2 aromatic heterocycles. The van der Waals surface area contributed by atoms with Gasteiger partial charge in [0.1, 0.15) is 6.33 Å². The third kappa shape index (κ3) is 2.75. The van der Waals surface area contributed by atoms with Gasteiger partial charge in [-0.25, -0.2) is 9.97 Å². The molecule has 0 saturated heterocycles. The van der Waals surface area contributed by atoms with Gasteiger partial charge in [-0.2, -0.15) is 0 Å². The molecule has 5 heteroatoms. The SMILES string of the molecule is O=c1c2cc3c(nc2ncn1Cc1ccc(Cl)cc1)CCCC3. The number of benzene rings is 1. The van der Waals surface area contributed by atoms with E-state index in [4.69, 9.17) is 11.6 Å². The highest BCUT2D eigenvalue weighted by Gasteiger charge is 2.14. The fourth-order valence-corrected chi connectivity index (χ4v) is 3.24. The fraction of sp³-hybridized carbons (Fsp3) is 0.278. The van der Waals surface area contributed by atoms with Crippen molar-refractivity contribution in [3.63, 3.8) is 0 Å². The van der Waals surface area contributed by atoms with E-state index in [9.17, 15) is 4.79 Å². The summed E-state index contributed by atoms with van der Waals surface area (Å²) in [6.45, 7) is 0.482. The van der Waals surface area contributed by atoms with Gasteiger partial charge in [0.15, 0.2) is 5.65 Å². The first-order valence-electron chi connectivity index (χ1n) is 7.83. The maximum atomic E-state index is 12.7. The lowest BCUT2D eigenvalue weighted by Gasteiger charge is -2.15. The molecule has 4 rings (SSSR count). The summed E-state index contributed by atoms with van der Waals surface area (Å²) < 4.78 is 1.63. The maximum Gasteiger partial charge on any atom is 0.263 e. The Labute approximate surface area is 138 Å². The summed E-state index contributed by atoms with van der Waals surface area (Å²) in [5, 5.41) is 1.30. The van der Waals surface area contributed by atoms with Gasteiger partial charge in [0.2, 0.25) is 0 Å². The van der Waals surface area contributed by atoms with Gasteiger partial charge in [0.05, 0.1) is 11.9 Å². The van der Waals surface area contributed by atoms with Gasteiger partial charge in [0.25, 0.3) is 5.56 Å². The zero-order chi connectivity index (χ0) is 15.8. The first kappa shape index (κ1) is 14.4. The predicted octanol–water partition coefficient (Wildman–Crippen LogP) is 3.37. The number of halogens is 1. The predicted molar refractivity (Wildman–Crippen MR) is 91.0 cm³/mol. The molecular formula is C18H16ClN3O. The van der Waals surface area contributed by atoms with E-state index in [0.717, 1.165) is 24.1 Å². The van der Waals surface area contributed by atoms with E-state index in [1.165, 1.54) is 18.4 Å². The topological polar surface area (TPSA) is 47.8 Å². The smallest absolute Gasteiger partial charge is 0.263 e. The number of fused-ring (bicyclic) bond motifs is 2. The van der Waals surface area contributed by atoms with E-state index < -0.39 is 0 Å². The van der Waals surface area contributed by atoms with Crippen molar-refractivity contribution in [3.8, 4) is 0 Å². The third-order valence-electron chi connectivity index (χ3n) is 4.36. The van der Waals surface area contributed by atoms with Gasteiger partial charge < -0.3 is 0 Å². The lowest BCUT2D eigenvalue weighted by molar-refractivity contribution is 0.669. The number of hydrogen-bond donors (Lipinski definition) is 0. The van der Waals surface area contributed by atoms with Gasteiger partial charge in [0, 0.05) is 10.7 Å². The minimum Gasteiger partial charge on any atom is -0.294 e. The molecule has 0 radical (unpaired) electrons. The second-order valence-corrected chi connectivity index (χ2v) is 6.41. The van der Waals surface area contributed by atoms with Crippen molar-refractivity contribution in [1.29, 1.82) is 0 Å². The van der Waals surface area contributed by atoms with E-state index in [-0.39, 0.29) is 5.56 Å². The number of hydrogen-bond acceptors (Lipinski definition) is 3. The summed E-state index contributed by atoms with van der Waals surface area (Å²) >= 11 is 5.90. The quantitative estimate of drug-likeness (QED) is 0.725. The largest absolute Gasteiger partial charge is 0.294 e. The van der Waals surface area contributed by atoms with E-state index in [1.807, 2.05) is 30.3 Å². The van der Waals surface area contributed by atoms with E-state index in [0.29, 0.717) is 22.6 Å². The van der Waals surface area contributed by atoms with E-state index in [1.54, 1.807) is 10.9 Å². The second kappa shape index (κ2) is 5.78. The number of rotatable bonds is 2. The van der Waals surface area contributed by atoms with E-state index in [2.05, 4.69) is 9.97 Å². The van der Waals surface area contributed by atoms with Crippen LogP contribution in [0.25, 0.3) is 11.0 Å². The lowest BCUT2D eigenvalue weighted by atomic mass is 9.95. The van der Waals surface area contributed by atoms with Crippen LogP contribution in [0.15, 0.2) is 41.5 Å². The molecule has 4 nitrogen and oxygen atoms in total. The van der Waals surface area contributed by atoms with Gasteiger partial charge in [-0.1, -0.05) is 23.7 Å². The van der Waals surface area contributed by atoms with Crippen LogP contribution in [0.4, 0.5) is 0 Å². The highest BCUT2D eigenvalue weighted by Crippen LogP contribution is 2.21. The Morgan fingerprint density at radius 3 is 2.74 bits per heavy atom. The molecule has 2 heterocycles. The Morgan fingerprint density at radius 2 is 1.91 bits per heavy atom. The molecule has 0 aliphatic heterocycles. The Kier molecular flexibility index (Phi) is 3.62. The van der Waals surface area contributed by atoms with Crippen molar-refractivity contribution in [1.82, 2.24) is 14.5 Å². The molecule has 0 atom stereocenters. The molecule has 0 saturated carbocycles. The van der Waals surface area contributed by atoms with Gasteiger partial charge in [-0.3, -0.25) is 9.36 Å². The maximum absolute atomic E-state index is 12.7. The number of aryl methyl sites for hydroxylation is 2. The molecule has 0 bridgehead atoms. The zero-order valence-electron chi connectivity index (χ0n) is 12.6. The van der Waals surface area contributed by atoms with Gasteiger partial charge in [-0.15, -0.1) is 0 Å². The average Bonchev–Trinajstić information content (AvgIpc) is 2.58. The van der Waals surface area contributed by atoms with Crippen LogP contribution in [0.1, 0.15) is 29.7 Å². The van der Waals surface area contributed by atoms with E-state index >= 15 is 0 Å². The van der Waals surface area contributed by atoms with Crippen LogP contribution in [0.3, 0.4) is 0 Å². The fourth-order valence-electron chi connectivity index (χ4n) is 3.11. The van der Waals surface area contributed by atoms with Crippen molar-refractivity contribution in [2.24, 2.45) is 0 Å². The second-order valence-electron chi connectivity index (χ2n) is 5.98. The van der Waals surface area contributed by atoms with Crippen LogP contribution in [0.2, 0.25) is 5.02 Å². The van der Waals surface area contributed by atoms with Crippen LogP contribution < -0.4 is 5.56 Å². The summed E-state index contributed by atoms with van der Waals surface area (Å²) in [6.07, 6.45) is 5.91. The molecule has 0 amide bonds. The van der Waals surface area contributed by atoms with Crippen molar-refractivity contribution < 1.29 is 0 Å². The van der Waals surface area contributed by atoms with Gasteiger partial charge >= 0.3 is 0 Å². The monoisotopic (exact) mass is 325 g/mol. The molecule has 1 aromatic carbocycles. The Bertz CT molecular complexity index is 931. The van der Waals surface area contributed by atoms with Gasteiger partial charge in [-0.05, 0) is 55.0 Å². The summed E-state index contributed by atoms with van der Waals surface area (Å²) in [7, 11) is 0. The first-order chi connectivity index (χ1) is 11.2. The summed E-state index contributed by atoms with van der Waals surface area (Å²) in [5.74, 6) is 0. The van der Waals surface area contributed by atoms with Crippen molar-refractivity contribution in [2.75, 3.05) is 0 Å². The van der Waals surface area contributed by atoms with Crippen LogP contribution in [0.5, 0.6) is 0 Å². The Hall–Kier alpha value is -2.20. The highest BCUT2D eigenvalue weighted by molar-refractivity contribution is 6.30. The van der Waals surface area contributed by atoms with Crippen molar-refractivity contribution in [3.05, 3.63) is 68.9 Å². The average molecular weight is 326 g/mol. The normalized spacial score (nSPS) is 14.0. The molecule has 0 spiro atoms. The lowest BCUT2D eigenvalue weighted by Crippen LogP contribution is -2.22. The van der Waals surface area contributed by atoms with Crippen molar-refractivity contribution in [2.45, 2.75) is 32.2 Å². The number of nitrogens with zero attached hydrogens (tertiary/aromatic N) is 3. The third-order valence-corrected chi connectivity index (χ3v) is 4.61. The highest BCUT2D eigenvalue weighted by atomic mass is 35.5. The minimum absolute atomic E-state index is 0.0363. The molecule has 0 unspecified atom stereocenters. The molecular weight excluding hydrogens is 310 g/mol. The van der Waals surface area contributed by atoms with Crippen LogP contribution in [0, 0.1) is 0 Å². The first-order valence-corrected chi connectivity index (χ1v) is 8.21. The molecule has 116 valence electrons. The summed E-state index contributed by atoms with van der Waals surface area (Å²) in [6, 6.07) is 9.49. The molecule has 1 aliphatic rings. The summed E-state index contributed by atoms with van der Waals surface area (Å²) in [5.41, 5.74) is 3.84. The molecule has 1 aliphatic carbocycles. The number of pyridine rings is 1. The molecule has 3 aromatic rings. The minimum atomic E-state index is -0.0363. The molecule has 0 N–H and O–H groups in total. The van der Waals surface area contributed by atoms with Crippen LogP contribution in [-0.4, -0.2) is 14.5 Å². The Balaban J connectivity index is 1.78. The van der Waals surface area contributed by atoms with Crippen LogP contribution in [-0.2, 0) is 19.4 Å². The molecule has 0 fully saturated rings. The Morgan fingerprint density at radius 1 is 1.13 bits per heavy atom. The number of aromatic nitrogens is 3. The zero-order valence-corrected chi connectivity index (χ0v) is 13.4. The van der Waals surface area contributed by atoms with Crippen molar-refractivity contribution >= 4 is 22.6 Å². The van der Waals surface area contributed by atoms with Crippen LogP contribution >= 0.6 is 11.6 Å². The summed E-state index contributed by atoms with van der Waals surface area (Å²) in [4.78, 5) is 21.7. The standard InChI is InChI=1S/C18H16ClN3O/c19-14-7-5-12(6-8-14)10-22-11-20-17-15(18(22)23)9-13-3-1-2-4-16(13)21-17/h5-9,11H,1-4,10H2.